The lowest BCUT2D eigenvalue weighted by atomic mass is 9.94. The number of carbonyl (C=O) groups excluding carboxylic acids is 3. The van der Waals surface area contributed by atoms with E-state index in [1.165, 1.54) is 12.1 Å². The molecule has 3 amide bonds. The van der Waals surface area contributed by atoms with Crippen molar-refractivity contribution in [3.8, 4) is 0 Å². The number of halogens is 1. The van der Waals surface area contributed by atoms with Crippen LogP contribution in [0.15, 0.2) is 97.1 Å². The van der Waals surface area contributed by atoms with Crippen molar-refractivity contribution in [3.05, 3.63) is 131 Å². The molecule has 1 aliphatic heterocycles. The quantitative estimate of drug-likeness (QED) is 0.244. The van der Waals surface area contributed by atoms with Crippen LogP contribution in [-0.4, -0.2) is 48.8 Å². The largest absolute Gasteiger partial charge is 0.367 e. The molecule has 1 aliphatic rings. The van der Waals surface area contributed by atoms with Crippen molar-refractivity contribution in [1.29, 1.82) is 0 Å². The van der Waals surface area contributed by atoms with Gasteiger partial charge in [-0.25, -0.2) is 4.39 Å². The Morgan fingerprint density at radius 2 is 1.50 bits per heavy atom. The molecule has 1 fully saturated rings. The molecule has 0 aliphatic carbocycles. The number of nitrogens with one attached hydrogen (secondary N) is 2. The summed E-state index contributed by atoms with van der Waals surface area (Å²) in [6.45, 7) is 6.39. The fourth-order valence-corrected chi connectivity index (χ4v) is 5.49. The summed E-state index contributed by atoms with van der Waals surface area (Å²) < 4.78 is 13.4. The molecule has 226 valence electrons. The summed E-state index contributed by atoms with van der Waals surface area (Å²) in [5.41, 5.74) is 4.98. The van der Waals surface area contributed by atoms with Gasteiger partial charge in [0.05, 0.1) is 11.5 Å². The van der Waals surface area contributed by atoms with E-state index < -0.39 is 0 Å². The predicted molar refractivity (Wildman–Crippen MR) is 171 cm³/mol. The molecule has 0 spiro atoms. The molecule has 7 nitrogen and oxygen atoms in total. The van der Waals surface area contributed by atoms with Crippen LogP contribution in [0.4, 0.5) is 15.8 Å². The van der Waals surface area contributed by atoms with Gasteiger partial charge in [0.15, 0.2) is 0 Å². The number of anilines is 2. The van der Waals surface area contributed by atoms with Crippen LogP contribution in [0.25, 0.3) is 0 Å². The van der Waals surface area contributed by atoms with Gasteiger partial charge < -0.3 is 20.4 Å². The van der Waals surface area contributed by atoms with Crippen molar-refractivity contribution < 1.29 is 18.8 Å². The van der Waals surface area contributed by atoms with Gasteiger partial charge in [-0.1, -0.05) is 67.1 Å². The van der Waals surface area contributed by atoms with Crippen LogP contribution >= 0.6 is 0 Å². The number of hydrogen-bond donors (Lipinski definition) is 2. The summed E-state index contributed by atoms with van der Waals surface area (Å²) in [4.78, 5) is 43.9. The SMILES string of the molecule is CCC(C(=O)N1CCN(c2ccc(NC(=O)c3ccc(C)cc3)cc2C(=O)NCc2ccc(F)cc2)CC1)c1ccccc1. The molecule has 1 heterocycles. The zero-order valence-electron chi connectivity index (χ0n) is 25.1. The van der Waals surface area contributed by atoms with E-state index in [0.29, 0.717) is 43.0 Å². The van der Waals surface area contributed by atoms with E-state index in [0.717, 1.165) is 28.8 Å². The average Bonchev–Trinajstić information content (AvgIpc) is 3.05. The fourth-order valence-electron chi connectivity index (χ4n) is 5.49. The fraction of sp³-hybridized carbons (Fsp3) is 0.250. The maximum atomic E-state index is 13.6. The van der Waals surface area contributed by atoms with Crippen LogP contribution in [-0.2, 0) is 11.3 Å². The summed E-state index contributed by atoms with van der Waals surface area (Å²) in [6, 6.07) is 28.4. The lowest BCUT2D eigenvalue weighted by Crippen LogP contribution is -2.50. The highest BCUT2D eigenvalue weighted by Crippen LogP contribution is 2.28. The minimum Gasteiger partial charge on any atom is -0.367 e. The van der Waals surface area contributed by atoms with Crippen molar-refractivity contribution in [3.63, 3.8) is 0 Å². The third kappa shape index (κ3) is 7.32. The Morgan fingerprint density at radius 3 is 2.16 bits per heavy atom. The molecular weight excluding hydrogens is 555 g/mol. The zero-order chi connectivity index (χ0) is 31.1. The van der Waals surface area contributed by atoms with Gasteiger partial charge >= 0.3 is 0 Å². The molecule has 44 heavy (non-hydrogen) atoms. The van der Waals surface area contributed by atoms with Gasteiger partial charge in [0.2, 0.25) is 5.91 Å². The van der Waals surface area contributed by atoms with Gasteiger partial charge in [-0.2, -0.15) is 0 Å². The first-order valence-corrected chi connectivity index (χ1v) is 15.0. The summed E-state index contributed by atoms with van der Waals surface area (Å²) in [5, 5.41) is 5.84. The van der Waals surface area contributed by atoms with E-state index >= 15 is 0 Å². The maximum Gasteiger partial charge on any atom is 0.255 e. The third-order valence-corrected chi connectivity index (χ3v) is 8.02. The molecule has 4 aromatic carbocycles. The molecule has 2 N–H and O–H groups in total. The van der Waals surface area contributed by atoms with Crippen molar-refractivity contribution in [2.45, 2.75) is 32.7 Å². The molecule has 5 rings (SSSR count). The Labute approximate surface area is 257 Å². The first-order chi connectivity index (χ1) is 21.3. The van der Waals surface area contributed by atoms with Crippen molar-refractivity contribution >= 4 is 29.1 Å². The van der Waals surface area contributed by atoms with E-state index in [-0.39, 0.29) is 36.0 Å². The lowest BCUT2D eigenvalue weighted by Gasteiger charge is -2.38. The molecule has 0 radical (unpaired) electrons. The van der Waals surface area contributed by atoms with Gasteiger partial charge in [-0.3, -0.25) is 14.4 Å². The Bertz CT molecular complexity index is 1600. The van der Waals surface area contributed by atoms with Gasteiger partial charge in [0.1, 0.15) is 5.82 Å². The van der Waals surface area contributed by atoms with Gasteiger partial charge in [0, 0.05) is 49.7 Å². The summed E-state index contributed by atoms with van der Waals surface area (Å²) in [6.07, 6.45) is 0.719. The van der Waals surface area contributed by atoms with Gasteiger partial charge in [-0.15, -0.1) is 0 Å². The molecule has 0 saturated carbocycles. The van der Waals surface area contributed by atoms with Crippen LogP contribution in [0, 0.1) is 12.7 Å². The maximum absolute atomic E-state index is 13.6. The standard InChI is InChI=1S/C36H37FN4O3/c1-3-31(27-7-5-4-6-8-27)36(44)41-21-19-40(20-22-41)33-18-17-30(39-34(42)28-13-9-25(2)10-14-28)23-32(33)35(43)38-24-26-11-15-29(37)16-12-26/h4-18,23,31H,3,19-22,24H2,1-2H3,(H,38,43)(H,39,42). The monoisotopic (exact) mass is 592 g/mol. The number of carbonyl (C=O) groups is 3. The number of amides is 3. The van der Waals surface area contributed by atoms with Crippen molar-refractivity contribution in [1.82, 2.24) is 10.2 Å². The van der Waals surface area contributed by atoms with Gasteiger partial charge in [0.25, 0.3) is 11.8 Å². The lowest BCUT2D eigenvalue weighted by molar-refractivity contribution is -0.133. The molecule has 8 heteroatoms. The van der Waals surface area contributed by atoms with Crippen molar-refractivity contribution in [2.75, 3.05) is 36.4 Å². The number of aryl methyl sites for hydroxylation is 1. The highest BCUT2D eigenvalue weighted by Gasteiger charge is 2.29. The number of nitrogens with zero attached hydrogens (tertiary/aromatic N) is 2. The first-order valence-electron chi connectivity index (χ1n) is 15.0. The van der Waals surface area contributed by atoms with Crippen LogP contribution in [0.5, 0.6) is 0 Å². The van der Waals surface area contributed by atoms with Gasteiger partial charge in [-0.05, 0) is 66.9 Å². The van der Waals surface area contributed by atoms with E-state index in [4.69, 9.17) is 0 Å². The number of hydrogen-bond acceptors (Lipinski definition) is 4. The van der Waals surface area contributed by atoms with E-state index in [9.17, 15) is 18.8 Å². The van der Waals surface area contributed by atoms with Crippen LogP contribution < -0.4 is 15.5 Å². The second-order valence-electron chi connectivity index (χ2n) is 11.0. The molecular formula is C36H37FN4O3. The second kappa shape index (κ2) is 14.0. The minimum absolute atomic E-state index is 0.116. The Hall–Kier alpha value is -4.98. The Balaban J connectivity index is 1.33. The summed E-state index contributed by atoms with van der Waals surface area (Å²) in [5.74, 6) is -1.00. The minimum atomic E-state index is -0.342. The number of rotatable bonds is 9. The molecule has 4 aromatic rings. The topological polar surface area (TPSA) is 81.8 Å². The van der Waals surface area contributed by atoms with Crippen LogP contribution in [0.3, 0.4) is 0 Å². The van der Waals surface area contributed by atoms with E-state index in [1.54, 1.807) is 36.4 Å². The van der Waals surface area contributed by atoms with E-state index in [1.807, 2.05) is 67.3 Å². The molecule has 1 unspecified atom stereocenters. The van der Waals surface area contributed by atoms with Crippen LogP contribution in [0.2, 0.25) is 0 Å². The zero-order valence-corrected chi connectivity index (χ0v) is 25.1. The molecule has 1 saturated heterocycles. The Kier molecular flexibility index (Phi) is 9.69. The molecule has 1 atom stereocenters. The second-order valence-corrected chi connectivity index (χ2v) is 11.0. The predicted octanol–water partition coefficient (Wildman–Crippen LogP) is 6.16. The van der Waals surface area contributed by atoms with Crippen molar-refractivity contribution in [2.24, 2.45) is 0 Å². The third-order valence-electron chi connectivity index (χ3n) is 8.02. The smallest absolute Gasteiger partial charge is 0.255 e. The first kappa shape index (κ1) is 30.5. The average molecular weight is 593 g/mol. The molecule has 0 aromatic heterocycles. The summed E-state index contributed by atoms with van der Waals surface area (Å²) in [7, 11) is 0. The number of benzene rings is 4. The molecule has 0 bridgehead atoms. The highest BCUT2D eigenvalue weighted by atomic mass is 19.1. The normalized spacial score (nSPS) is 13.7. The Morgan fingerprint density at radius 1 is 0.818 bits per heavy atom. The van der Waals surface area contributed by atoms with E-state index in [2.05, 4.69) is 15.5 Å². The summed E-state index contributed by atoms with van der Waals surface area (Å²) >= 11 is 0. The highest BCUT2D eigenvalue weighted by molar-refractivity contribution is 6.06. The van der Waals surface area contributed by atoms with Crippen LogP contribution in [0.1, 0.15) is 56.7 Å². The number of piperazine rings is 1.